The Bertz CT molecular complexity index is 2090. The van der Waals surface area contributed by atoms with Gasteiger partial charge in [0.15, 0.2) is 0 Å². The topological polar surface area (TPSA) is 38.9 Å². The minimum absolute atomic E-state index is 0. The summed E-state index contributed by atoms with van der Waals surface area (Å²) in [5.41, 5.74) is 9.91. The molecule has 2 saturated carbocycles. The van der Waals surface area contributed by atoms with E-state index in [4.69, 9.17) is 9.40 Å². The van der Waals surface area contributed by atoms with Gasteiger partial charge in [0.2, 0.25) is 0 Å². The van der Waals surface area contributed by atoms with Gasteiger partial charge in [0, 0.05) is 37.9 Å². The van der Waals surface area contributed by atoms with Gasteiger partial charge in [-0.1, -0.05) is 92.1 Å². The molecule has 2 aliphatic carbocycles. The van der Waals surface area contributed by atoms with Gasteiger partial charge < -0.3 is 14.4 Å². The second-order valence-electron chi connectivity index (χ2n) is 13.0. The van der Waals surface area contributed by atoms with E-state index in [0.29, 0.717) is 11.8 Å². The number of rotatable bonds is 4. The maximum absolute atomic E-state index is 6.41. The quantitative estimate of drug-likeness (QED) is 0.167. The second kappa shape index (κ2) is 13.9. The van der Waals surface area contributed by atoms with Crippen molar-refractivity contribution in [1.29, 1.82) is 0 Å². The first-order valence-corrected chi connectivity index (χ1v) is 16.9. The summed E-state index contributed by atoms with van der Waals surface area (Å²) in [6.45, 7) is 2.12. The van der Waals surface area contributed by atoms with Crippen LogP contribution in [0.25, 0.3) is 55.2 Å². The number of fused-ring (bicyclic) bond motifs is 4. The summed E-state index contributed by atoms with van der Waals surface area (Å²) in [4.78, 5) is 9.34. The van der Waals surface area contributed by atoms with Gasteiger partial charge in [-0.3, -0.25) is 0 Å². The third kappa shape index (κ3) is 6.30. The fourth-order valence-electron chi connectivity index (χ4n) is 7.70. The first kappa shape index (κ1) is 31.5. The molecule has 3 heterocycles. The van der Waals surface area contributed by atoms with Gasteiger partial charge >= 0.3 is 0 Å². The normalized spacial score (nSPS) is 15.2. The minimum atomic E-state index is 0. The summed E-state index contributed by atoms with van der Waals surface area (Å²) in [6.07, 6.45) is 14.6. The van der Waals surface area contributed by atoms with E-state index in [1.807, 2.05) is 48.5 Å². The van der Waals surface area contributed by atoms with Crippen LogP contribution in [0.3, 0.4) is 0 Å². The minimum Gasteiger partial charge on any atom is -0.501 e. The van der Waals surface area contributed by atoms with E-state index in [2.05, 4.69) is 72.7 Å². The Morgan fingerprint density at radius 1 is 0.702 bits per heavy atom. The predicted molar refractivity (Wildman–Crippen MR) is 189 cm³/mol. The molecule has 0 amide bonds. The zero-order valence-corrected chi connectivity index (χ0v) is 29.2. The molecule has 4 heteroatoms. The van der Waals surface area contributed by atoms with E-state index in [-0.39, 0.29) is 20.1 Å². The van der Waals surface area contributed by atoms with Crippen molar-refractivity contribution in [2.75, 3.05) is 0 Å². The van der Waals surface area contributed by atoms with E-state index in [1.165, 1.54) is 73.3 Å². The molecule has 0 atom stereocenters. The van der Waals surface area contributed by atoms with Crippen LogP contribution in [0.5, 0.6) is 0 Å². The van der Waals surface area contributed by atoms with Crippen molar-refractivity contribution in [1.82, 2.24) is 9.97 Å². The van der Waals surface area contributed by atoms with Crippen LogP contribution in [-0.4, -0.2) is 9.97 Å². The molecule has 0 bridgehead atoms. The summed E-state index contributed by atoms with van der Waals surface area (Å²) >= 11 is 0. The van der Waals surface area contributed by atoms with Gasteiger partial charge in [-0.2, -0.15) is 0 Å². The Kier molecular flexibility index (Phi) is 9.34. The van der Waals surface area contributed by atoms with Gasteiger partial charge in [0.1, 0.15) is 5.58 Å². The molecule has 3 aromatic heterocycles. The zero-order chi connectivity index (χ0) is 30.9. The molecule has 0 N–H and O–H groups in total. The molecule has 0 unspecified atom stereocenters. The molecule has 0 aliphatic heterocycles. The fourth-order valence-corrected chi connectivity index (χ4v) is 7.70. The number of aryl methyl sites for hydroxylation is 1. The van der Waals surface area contributed by atoms with Gasteiger partial charge in [-0.15, -0.1) is 53.6 Å². The van der Waals surface area contributed by atoms with Crippen LogP contribution in [0.2, 0.25) is 0 Å². The molecule has 1 radical (unpaired) electrons. The maximum atomic E-state index is 6.41. The Morgan fingerprint density at radius 3 is 2.23 bits per heavy atom. The smallest absolute Gasteiger partial charge is 0.120 e. The van der Waals surface area contributed by atoms with Crippen LogP contribution in [0.1, 0.15) is 79.9 Å². The van der Waals surface area contributed by atoms with Crippen molar-refractivity contribution in [3.63, 3.8) is 0 Å². The second-order valence-corrected chi connectivity index (χ2v) is 13.0. The monoisotopic (exact) mass is 791 g/mol. The van der Waals surface area contributed by atoms with Crippen LogP contribution in [0, 0.1) is 19.1 Å². The first-order valence-electron chi connectivity index (χ1n) is 16.9. The number of hydrogen-bond acceptors (Lipinski definition) is 3. The summed E-state index contributed by atoms with van der Waals surface area (Å²) in [7, 11) is 0. The Morgan fingerprint density at radius 2 is 1.47 bits per heavy atom. The number of benzene rings is 4. The Hall–Kier alpha value is -4.11. The third-order valence-corrected chi connectivity index (χ3v) is 9.99. The SMILES string of the molecule is Cc1[c-]c(-c2ncc(C3CCCC3)c3cc(C4CCCC4)ccc23)c2oc3ccccc3c2c1.[Ir].[c-]1ccccc1-c1ccccn1. The van der Waals surface area contributed by atoms with Gasteiger partial charge in [0.25, 0.3) is 0 Å². The van der Waals surface area contributed by atoms with Crippen molar-refractivity contribution < 1.29 is 24.5 Å². The number of hydrogen-bond donors (Lipinski definition) is 0. The van der Waals surface area contributed by atoms with Crippen molar-refractivity contribution in [2.24, 2.45) is 0 Å². The summed E-state index contributed by atoms with van der Waals surface area (Å²) in [5, 5.41) is 4.96. The summed E-state index contributed by atoms with van der Waals surface area (Å²) in [6, 6.07) is 38.2. The van der Waals surface area contributed by atoms with Gasteiger partial charge in [-0.25, -0.2) is 0 Å². The van der Waals surface area contributed by atoms with Crippen molar-refractivity contribution in [3.8, 4) is 22.5 Å². The third-order valence-electron chi connectivity index (χ3n) is 9.99. The summed E-state index contributed by atoms with van der Waals surface area (Å²) < 4.78 is 6.41. The van der Waals surface area contributed by atoms with E-state index in [1.54, 1.807) is 6.20 Å². The molecular weight excluding hydrogens is 753 g/mol. The molecule has 47 heavy (non-hydrogen) atoms. The maximum Gasteiger partial charge on any atom is 0.120 e. The molecule has 2 aliphatic rings. The number of aromatic nitrogens is 2. The van der Waals surface area contributed by atoms with Crippen molar-refractivity contribution in [2.45, 2.75) is 70.1 Å². The van der Waals surface area contributed by atoms with Crippen LogP contribution in [-0.2, 0) is 20.1 Å². The van der Waals surface area contributed by atoms with E-state index in [0.717, 1.165) is 50.0 Å². The average molecular weight is 791 g/mol. The molecule has 237 valence electrons. The number of para-hydroxylation sites is 1. The molecular formula is C43H38IrN2O-2. The number of pyridine rings is 2. The standard InChI is InChI=1S/C32H30NO.C11H8N.Ir/c1-20-16-27-24-12-6-7-13-30(24)34-32(27)28(17-20)31-25-15-14-23(21-8-2-3-9-21)18-26(25)29(19-33-31)22-10-4-5-11-22;1-2-6-10(7-3-1)11-8-4-5-9-12-11;/h6-7,12-16,18-19,21-22H,2-5,8-11H2,1H3;1-6,8-9H;/q2*-1;. The average Bonchev–Trinajstić information content (AvgIpc) is 3.91. The fraction of sp³-hybridized carbons (Fsp3) is 0.256. The zero-order valence-electron chi connectivity index (χ0n) is 26.8. The molecule has 4 aromatic carbocycles. The van der Waals surface area contributed by atoms with E-state index >= 15 is 0 Å². The van der Waals surface area contributed by atoms with Crippen LogP contribution in [0.15, 0.2) is 108 Å². The largest absolute Gasteiger partial charge is 0.501 e. The molecule has 3 nitrogen and oxygen atoms in total. The first-order chi connectivity index (χ1) is 22.7. The van der Waals surface area contributed by atoms with Crippen LogP contribution in [0.4, 0.5) is 0 Å². The van der Waals surface area contributed by atoms with E-state index < -0.39 is 0 Å². The van der Waals surface area contributed by atoms with Crippen LogP contribution >= 0.6 is 0 Å². The van der Waals surface area contributed by atoms with E-state index in [9.17, 15) is 0 Å². The Balaban J connectivity index is 0.000000228. The Labute approximate surface area is 290 Å². The molecule has 7 aromatic rings. The predicted octanol–water partition coefficient (Wildman–Crippen LogP) is 11.8. The molecule has 0 spiro atoms. The van der Waals surface area contributed by atoms with Crippen LogP contribution < -0.4 is 0 Å². The van der Waals surface area contributed by atoms with Gasteiger partial charge in [-0.05, 0) is 82.9 Å². The van der Waals surface area contributed by atoms with Gasteiger partial charge in [0.05, 0.1) is 5.58 Å². The number of nitrogens with zero attached hydrogens (tertiary/aromatic N) is 2. The molecule has 9 rings (SSSR count). The number of furan rings is 1. The van der Waals surface area contributed by atoms with Crippen molar-refractivity contribution in [3.05, 3.63) is 132 Å². The van der Waals surface area contributed by atoms with Crippen molar-refractivity contribution >= 4 is 32.7 Å². The molecule has 2 fully saturated rings. The molecule has 0 saturated heterocycles. The summed E-state index contributed by atoms with van der Waals surface area (Å²) in [5.74, 6) is 1.35.